The van der Waals surface area contributed by atoms with Crippen molar-refractivity contribution in [3.63, 3.8) is 0 Å². The maximum Gasteiger partial charge on any atom is 0.315 e. The van der Waals surface area contributed by atoms with Gasteiger partial charge in [-0.05, 0) is 23.3 Å². The molecule has 2 aromatic carbocycles. The van der Waals surface area contributed by atoms with Gasteiger partial charge < -0.3 is 19.7 Å². The summed E-state index contributed by atoms with van der Waals surface area (Å²) in [7, 11) is 0. The first-order valence-corrected chi connectivity index (χ1v) is 7.64. The molecule has 120 valence electrons. The summed E-state index contributed by atoms with van der Waals surface area (Å²) in [6.07, 6.45) is 0. The van der Waals surface area contributed by atoms with E-state index in [0.717, 1.165) is 11.1 Å². The van der Waals surface area contributed by atoms with Crippen LogP contribution in [0, 0.1) is 11.8 Å². The lowest BCUT2D eigenvalue weighted by Gasteiger charge is -2.53. The average molecular weight is 324 g/mol. The molecular formula is C18H12O6. The number of phenolic OH excluding ortho intramolecular Hbond substituents is 2. The predicted octanol–water partition coefficient (Wildman–Crippen LogP) is 2.05. The van der Waals surface area contributed by atoms with E-state index in [4.69, 9.17) is 9.47 Å². The molecular weight excluding hydrogens is 312 g/mol. The highest BCUT2D eigenvalue weighted by Gasteiger charge is 2.64. The quantitative estimate of drug-likeness (QED) is 0.569. The zero-order chi connectivity index (χ0) is 16.6. The number of hydrogen-bond donors (Lipinski definition) is 2. The molecule has 0 amide bonds. The summed E-state index contributed by atoms with van der Waals surface area (Å²) in [5.74, 6) is -1.82. The molecule has 3 aliphatic rings. The minimum atomic E-state index is -0.582. The van der Waals surface area contributed by atoms with Gasteiger partial charge in [-0.1, -0.05) is 12.1 Å². The second-order valence-electron chi connectivity index (χ2n) is 6.39. The Morgan fingerprint density at radius 1 is 0.667 bits per heavy atom. The minimum Gasteiger partial charge on any atom is -0.508 e. The molecule has 1 saturated carbocycles. The number of carbonyl (C=O) groups excluding carboxylic acids is 2. The summed E-state index contributed by atoms with van der Waals surface area (Å²) in [6, 6.07) is 9.36. The van der Waals surface area contributed by atoms with E-state index < -0.39 is 23.8 Å². The zero-order valence-corrected chi connectivity index (χ0v) is 12.3. The maximum atomic E-state index is 12.3. The first-order chi connectivity index (χ1) is 11.5. The molecule has 6 heteroatoms. The Balaban J connectivity index is 1.69. The third-order valence-corrected chi connectivity index (χ3v) is 5.23. The van der Waals surface area contributed by atoms with E-state index in [2.05, 4.69) is 0 Å². The van der Waals surface area contributed by atoms with Crippen molar-refractivity contribution < 1.29 is 29.3 Å². The van der Waals surface area contributed by atoms with Gasteiger partial charge in [0.05, 0.1) is 11.8 Å². The van der Waals surface area contributed by atoms with Crippen molar-refractivity contribution in [1.82, 2.24) is 0 Å². The number of phenols is 2. The van der Waals surface area contributed by atoms with Gasteiger partial charge in [-0.2, -0.15) is 0 Å². The van der Waals surface area contributed by atoms with Crippen LogP contribution in [0.2, 0.25) is 0 Å². The monoisotopic (exact) mass is 324 g/mol. The highest BCUT2D eigenvalue weighted by atomic mass is 16.5. The van der Waals surface area contributed by atoms with Crippen LogP contribution in [0.4, 0.5) is 0 Å². The predicted molar refractivity (Wildman–Crippen MR) is 79.9 cm³/mol. The van der Waals surface area contributed by atoms with Crippen LogP contribution in [-0.4, -0.2) is 22.2 Å². The number of benzene rings is 2. The zero-order valence-electron chi connectivity index (χ0n) is 12.3. The molecule has 2 heterocycles. The van der Waals surface area contributed by atoms with E-state index in [1.54, 1.807) is 24.3 Å². The number of hydrogen-bond acceptors (Lipinski definition) is 6. The molecule has 0 radical (unpaired) electrons. The van der Waals surface area contributed by atoms with Gasteiger partial charge in [0.1, 0.15) is 23.0 Å². The Labute approximate surface area is 136 Å². The van der Waals surface area contributed by atoms with Crippen molar-refractivity contribution in [2.75, 3.05) is 0 Å². The van der Waals surface area contributed by atoms with E-state index in [9.17, 15) is 19.8 Å². The lowest BCUT2D eigenvalue weighted by Crippen LogP contribution is -2.57. The van der Waals surface area contributed by atoms with E-state index in [1.165, 1.54) is 12.1 Å². The van der Waals surface area contributed by atoms with Crippen molar-refractivity contribution in [2.24, 2.45) is 11.8 Å². The largest absolute Gasteiger partial charge is 0.508 e. The molecule has 0 aromatic heterocycles. The van der Waals surface area contributed by atoms with Gasteiger partial charge in [0.2, 0.25) is 0 Å². The fraction of sp³-hybridized carbons (Fsp3) is 0.222. The van der Waals surface area contributed by atoms with Crippen molar-refractivity contribution in [2.45, 2.75) is 11.8 Å². The lowest BCUT2D eigenvalue weighted by atomic mass is 9.51. The van der Waals surface area contributed by atoms with Crippen molar-refractivity contribution in [3.05, 3.63) is 47.5 Å². The lowest BCUT2D eigenvalue weighted by molar-refractivity contribution is -0.165. The molecule has 2 N–H and O–H groups in total. The van der Waals surface area contributed by atoms with Crippen LogP contribution >= 0.6 is 0 Å². The first kappa shape index (κ1) is 13.4. The molecule has 2 aliphatic heterocycles. The highest BCUT2D eigenvalue weighted by molar-refractivity contribution is 5.92. The summed E-state index contributed by atoms with van der Waals surface area (Å²) in [5.41, 5.74) is 1.60. The van der Waals surface area contributed by atoms with Crippen LogP contribution in [0.15, 0.2) is 36.4 Å². The van der Waals surface area contributed by atoms with E-state index in [-0.39, 0.29) is 23.3 Å². The van der Waals surface area contributed by atoms with Crippen LogP contribution in [0.1, 0.15) is 23.0 Å². The molecule has 1 aliphatic carbocycles. The van der Waals surface area contributed by atoms with Crippen LogP contribution in [0.25, 0.3) is 0 Å². The average Bonchev–Trinajstić information content (AvgIpc) is 2.49. The topological polar surface area (TPSA) is 93.1 Å². The molecule has 6 nitrogen and oxygen atoms in total. The molecule has 1 fully saturated rings. The van der Waals surface area contributed by atoms with Crippen LogP contribution < -0.4 is 9.47 Å². The van der Waals surface area contributed by atoms with Gasteiger partial charge in [0.25, 0.3) is 0 Å². The Kier molecular flexibility index (Phi) is 2.40. The van der Waals surface area contributed by atoms with Gasteiger partial charge in [-0.15, -0.1) is 0 Å². The Morgan fingerprint density at radius 3 is 1.50 bits per heavy atom. The second-order valence-corrected chi connectivity index (χ2v) is 6.39. The third-order valence-electron chi connectivity index (χ3n) is 5.23. The van der Waals surface area contributed by atoms with Crippen molar-refractivity contribution >= 4 is 11.9 Å². The number of rotatable bonds is 0. The number of aromatic hydroxyl groups is 2. The SMILES string of the molecule is O=C1Oc2cc(O)ccc2C2C1C1C(=O)Oc3cc(O)ccc3C12. The molecule has 0 bridgehead atoms. The Bertz CT molecular complexity index is 842. The van der Waals surface area contributed by atoms with E-state index in [0.29, 0.717) is 11.5 Å². The molecule has 24 heavy (non-hydrogen) atoms. The summed E-state index contributed by atoms with van der Waals surface area (Å²) >= 11 is 0. The van der Waals surface area contributed by atoms with Gasteiger partial charge in [-0.3, -0.25) is 9.59 Å². The second kappa shape index (κ2) is 4.29. The highest BCUT2D eigenvalue weighted by Crippen LogP contribution is 2.64. The number of ether oxygens (including phenoxy) is 2. The normalized spacial score (nSPS) is 29.2. The van der Waals surface area contributed by atoms with Crippen molar-refractivity contribution in [3.8, 4) is 23.0 Å². The van der Waals surface area contributed by atoms with Gasteiger partial charge >= 0.3 is 11.9 Å². The maximum absolute atomic E-state index is 12.3. The number of fused-ring (bicyclic) bond motifs is 8. The Morgan fingerprint density at radius 2 is 1.08 bits per heavy atom. The summed E-state index contributed by atoms with van der Waals surface area (Å²) < 4.78 is 10.6. The molecule has 0 saturated heterocycles. The standard InChI is InChI=1S/C18H12O6/c19-7-1-3-9-11(5-7)23-17(21)15-13(9)14-10-4-2-8(20)6-12(10)24-18(22)16(14)15/h1-6,13-16,19-20H. The van der Waals surface area contributed by atoms with Gasteiger partial charge in [0, 0.05) is 24.0 Å². The molecule has 5 rings (SSSR count). The van der Waals surface area contributed by atoms with Crippen molar-refractivity contribution in [1.29, 1.82) is 0 Å². The molecule has 2 aromatic rings. The number of esters is 2. The molecule has 0 spiro atoms. The minimum absolute atomic E-state index is 0.0178. The smallest absolute Gasteiger partial charge is 0.315 e. The van der Waals surface area contributed by atoms with Gasteiger partial charge in [0.15, 0.2) is 0 Å². The van der Waals surface area contributed by atoms with E-state index >= 15 is 0 Å². The fourth-order valence-electron chi connectivity index (χ4n) is 4.23. The summed E-state index contributed by atoms with van der Waals surface area (Å²) in [5, 5.41) is 19.2. The van der Waals surface area contributed by atoms with Crippen LogP contribution in [0.3, 0.4) is 0 Å². The van der Waals surface area contributed by atoms with Crippen LogP contribution in [-0.2, 0) is 9.59 Å². The Hall–Kier alpha value is -3.02. The van der Waals surface area contributed by atoms with E-state index in [1.807, 2.05) is 0 Å². The fourth-order valence-corrected chi connectivity index (χ4v) is 4.23. The van der Waals surface area contributed by atoms with Gasteiger partial charge in [-0.25, -0.2) is 0 Å². The van der Waals surface area contributed by atoms with Crippen LogP contribution in [0.5, 0.6) is 23.0 Å². The summed E-state index contributed by atoms with van der Waals surface area (Å²) in [4.78, 5) is 24.7. The summed E-state index contributed by atoms with van der Waals surface area (Å²) in [6.45, 7) is 0. The molecule has 4 atom stereocenters. The number of carbonyl (C=O) groups is 2. The molecule has 4 unspecified atom stereocenters. The first-order valence-electron chi connectivity index (χ1n) is 7.64. The third kappa shape index (κ3) is 1.55.